The summed E-state index contributed by atoms with van der Waals surface area (Å²) in [6.07, 6.45) is -2.99. The fourth-order valence-corrected chi connectivity index (χ4v) is 2.70. The molecule has 0 aliphatic heterocycles. The second-order valence-electron chi connectivity index (χ2n) is 6.02. The average molecular weight is 436 g/mol. The summed E-state index contributed by atoms with van der Waals surface area (Å²) in [6, 6.07) is 16.9. The Morgan fingerprint density at radius 3 is 2.37 bits per heavy atom. The average Bonchev–Trinajstić information content (AvgIpc) is 2.71. The Bertz CT molecular complexity index is 1020. The highest BCUT2D eigenvalue weighted by atomic mass is 35.5. The minimum absolute atomic E-state index is 0.0981. The lowest BCUT2D eigenvalue weighted by atomic mass is 10.2. The number of ether oxygens (including phenoxy) is 2. The molecule has 0 amide bonds. The Labute approximate surface area is 176 Å². The molecule has 30 heavy (non-hydrogen) atoms. The van der Waals surface area contributed by atoms with Gasteiger partial charge in [0, 0.05) is 11.6 Å². The Hall–Kier alpha value is -3.19. The van der Waals surface area contributed by atoms with Gasteiger partial charge in [0.25, 0.3) is 0 Å². The molecule has 8 heteroatoms. The predicted molar refractivity (Wildman–Crippen MR) is 109 cm³/mol. The largest absolute Gasteiger partial charge is 0.493 e. The van der Waals surface area contributed by atoms with Crippen LogP contribution >= 0.6 is 11.6 Å². The van der Waals surface area contributed by atoms with Crippen LogP contribution in [0.25, 0.3) is 0 Å². The van der Waals surface area contributed by atoms with Gasteiger partial charge in [0.2, 0.25) is 0 Å². The van der Waals surface area contributed by atoms with Crippen molar-refractivity contribution >= 4 is 17.8 Å². The van der Waals surface area contributed by atoms with Crippen molar-refractivity contribution in [1.82, 2.24) is 0 Å². The third-order valence-corrected chi connectivity index (χ3v) is 4.16. The third-order valence-electron chi connectivity index (χ3n) is 3.86. The van der Waals surface area contributed by atoms with Crippen LogP contribution in [0.3, 0.4) is 0 Å². The van der Waals surface area contributed by atoms with Crippen molar-refractivity contribution < 1.29 is 27.5 Å². The summed E-state index contributed by atoms with van der Waals surface area (Å²) in [4.78, 5) is 5.30. The molecule has 3 aromatic carbocycles. The summed E-state index contributed by atoms with van der Waals surface area (Å²) in [5, 5.41) is 3.79. The Morgan fingerprint density at radius 2 is 1.70 bits per heavy atom. The molecule has 0 spiro atoms. The van der Waals surface area contributed by atoms with Crippen LogP contribution in [0.15, 0.2) is 71.9 Å². The first-order valence-corrected chi connectivity index (χ1v) is 9.31. The SMILES string of the molecule is CCOc1cc(Oc2ccc(C(F)(F)F)cc2Cl)ccc1C=NOc1ccccc1. The normalized spacial score (nSPS) is 11.5. The first kappa shape index (κ1) is 21.5. The van der Waals surface area contributed by atoms with E-state index < -0.39 is 11.7 Å². The van der Waals surface area contributed by atoms with Crippen LogP contribution in [0.5, 0.6) is 23.0 Å². The number of benzene rings is 3. The van der Waals surface area contributed by atoms with Crippen molar-refractivity contribution in [2.24, 2.45) is 5.16 Å². The highest BCUT2D eigenvalue weighted by molar-refractivity contribution is 6.32. The standard InChI is InChI=1S/C22H17ClF3NO3/c1-2-28-21-13-18(29-20-11-9-16(12-19(20)23)22(24,25)26)10-8-15(21)14-27-30-17-6-4-3-5-7-17/h3-14H,2H2,1H3. The topological polar surface area (TPSA) is 40.0 Å². The van der Waals surface area contributed by atoms with Gasteiger partial charge in [-0.25, -0.2) is 0 Å². The van der Waals surface area contributed by atoms with Crippen molar-refractivity contribution in [3.05, 3.63) is 82.9 Å². The fraction of sp³-hybridized carbons (Fsp3) is 0.136. The lowest BCUT2D eigenvalue weighted by molar-refractivity contribution is -0.137. The quantitative estimate of drug-likeness (QED) is 0.297. The lowest BCUT2D eigenvalue weighted by Crippen LogP contribution is -2.04. The number of para-hydroxylation sites is 1. The summed E-state index contributed by atoms with van der Waals surface area (Å²) in [5.74, 6) is 1.50. The summed E-state index contributed by atoms with van der Waals surface area (Å²) < 4.78 is 49.6. The van der Waals surface area contributed by atoms with E-state index in [2.05, 4.69) is 5.16 Å². The van der Waals surface area contributed by atoms with Gasteiger partial charge in [-0.15, -0.1) is 0 Å². The van der Waals surface area contributed by atoms with E-state index in [1.165, 1.54) is 12.3 Å². The molecule has 0 radical (unpaired) electrons. The van der Waals surface area contributed by atoms with Crippen LogP contribution in [-0.2, 0) is 6.18 Å². The molecule has 4 nitrogen and oxygen atoms in total. The van der Waals surface area contributed by atoms with E-state index >= 15 is 0 Å². The molecule has 0 N–H and O–H groups in total. The van der Waals surface area contributed by atoms with Crippen molar-refractivity contribution in [3.8, 4) is 23.0 Å². The van der Waals surface area contributed by atoms with Gasteiger partial charge in [-0.2, -0.15) is 13.2 Å². The number of hydrogen-bond donors (Lipinski definition) is 0. The molecule has 3 aromatic rings. The van der Waals surface area contributed by atoms with Crippen molar-refractivity contribution in [2.45, 2.75) is 13.1 Å². The van der Waals surface area contributed by atoms with Crippen LogP contribution in [0.4, 0.5) is 13.2 Å². The van der Waals surface area contributed by atoms with Gasteiger partial charge < -0.3 is 14.3 Å². The maximum atomic E-state index is 12.8. The maximum Gasteiger partial charge on any atom is 0.416 e. The number of hydrogen-bond acceptors (Lipinski definition) is 4. The molecule has 0 aliphatic carbocycles. The van der Waals surface area contributed by atoms with Gasteiger partial charge in [-0.1, -0.05) is 35.0 Å². The predicted octanol–water partition coefficient (Wildman–Crippen LogP) is 6.96. The van der Waals surface area contributed by atoms with Crippen LogP contribution in [-0.4, -0.2) is 12.8 Å². The zero-order chi connectivity index (χ0) is 21.6. The summed E-state index contributed by atoms with van der Waals surface area (Å²) >= 11 is 5.95. The summed E-state index contributed by atoms with van der Waals surface area (Å²) in [6.45, 7) is 2.21. The van der Waals surface area contributed by atoms with E-state index in [0.29, 0.717) is 29.4 Å². The monoisotopic (exact) mass is 435 g/mol. The Morgan fingerprint density at radius 1 is 0.933 bits per heavy atom. The highest BCUT2D eigenvalue weighted by Gasteiger charge is 2.31. The van der Waals surface area contributed by atoms with Gasteiger partial charge in [0.1, 0.15) is 17.2 Å². The van der Waals surface area contributed by atoms with Gasteiger partial charge in [0.15, 0.2) is 5.75 Å². The molecule has 0 saturated carbocycles. The smallest absolute Gasteiger partial charge is 0.416 e. The molecule has 0 saturated heterocycles. The maximum absolute atomic E-state index is 12.8. The van der Waals surface area contributed by atoms with Gasteiger partial charge in [0.05, 0.1) is 23.4 Å². The van der Waals surface area contributed by atoms with E-state index in [-0.39, 0.29) is 10.8 Å². The van der Waals surface area contributed by atoms with Crippen molar-refractivity contribution in [3.63, 3.8) is 0 Å². The number of rotatable bonds is 7. The zero-order valence-corrected chi connectivity index (χ0v) is 16.6. The molecule has 0 aliphatic rings. The second-order valence-corrected chi connectivity index (χ2v) is 6.42. The number of oxime groups is 1. The van der Waals surface area contributed by atoms with E-state index in [9.17, 15) is 13.2 Å². The Balaban J connectivity index is 1.78. The minimum Gasteiger partial charge on any atom is -0.493 e. The molecule has 0 bridgehead atoms. The van der Waals surface area contributed by atoms with Gasteiger partial charge in [-0.3, -0.25) is 0 Å². The Kier molecular flexibility index (Phi) is 6.84. The molecular formula is C22H17ClF3NO3. The van der Waals surface area contributed by atoms with Crippen molar-refractivity contribution in [1.29, 1.82) is 0 Å². The fourth-order valence-electron chi connectivity index (χ4n) is 2.48. The highest BCUT2D eigenvalue weighted by Crippen LogP contribution is 2.37. The second kappa shape index (κ2) is 9.54. The minimum atomic E-state index is -4.48. The van der Waals surface area contributed by atoms with E-state index in [1.54, 1.807) is 30.3 Å². The first-order valence-electron chi connectivity index (χ1n) is 8.93. The molecule has 0 fully saturated rings. The summed E-state index contributed by atoms with van der Waals surface area (Å²) in [7, 11) is 0. The van der Waals surface area contributed by atoms with Gasteiger partial charge in [-0.05, 0) is 49.4 Å². The molecule has 3 rings (SSSR count). The van der Waals surface area contributed by atoms with E-state index in [0.717, 1.165) is 12.1 Å². The van der Waals surface area contributed by atoms with E-state index in [1.807, 2.05) is 25.1 Å². The van der Waals surface area contributed by atoms with Crippen LogP contribution in [0.2, 0.25) is 5.02 Å². The van der Waals surface area contributed by atoms with E-state index in [4.69, 9.17) is 25.9 Å². The molecule has 156 valence electrons. The first-order chi connectivity index (χ1) is 14.4. The van der Waals surface area contributed by atoms with Crippen LogP contribution < -0.4 is 14.3 Å². The molecule has 0 unspecified atom stereocenters. The third kappa shape index (κ3) is 5.67. The molecule has 0 aromatic heterocycles. The van der Waals surface area contributed by atoms with Crippen LogP contribution in [0, 0.1) is 0 Å². The zero-order valence-electron chi connectivity index (χ0n) is 15.8. The molecule has 0 heterocycles. The number of alkyl halides is 3. The molecule has 0 atom stereocenters. The number of halogens is 4. The lowest BCUT2D eigenvalue weighted by Gasteiger charge is -2.13. The number of nitrogens with zero attached hydrogens (tertiary/aromatic N) is 1. The van der Waals surface area contributed by atoms with Crippen LogP contribution in [0.1, 0.15) is 18.1 Å². The van der Waals surface area contributed by atoms with Gasteiger partial charge >= 0.3 is 6.18 Å². The van der Waals surface area contributed by atoms with Crippen molar-refractivity contribution in [2.75, 3.05) is 6.61 Å². The summed E-state index contributed by atoms with van der Waals surface area (Å²) in [5.41, 5.74) is -0.210. The molecular weight excluding hydrogens is 419 g/mol.